The number of carbonyl (C=O) groups is 2. The number of nitrogens with zero attached hydrogens (tertiary/aromatic N) is 3. The highest BCUT2D eigenvalue weighted by Crippen LogP contribution is 2.17. The van der Waals surface area contributed by atoms with Crippen LogP contribution in [0.3, 0.4) is 0 Å². The molecule has 1 aliphatic heterocycles. The van der Waals surface area contributed by atoms with Gasteiger partial charge in [0.1, 0.15) is 5.82 Å². The average molecular weight is 293 g/mol. The molecule has 0 unspecified atom stereocenters. The van der Waals surface area contributed by atoms with Crippen LogP contribution in [-0.2, 0) is 16.6 Å². The largest absolute Gasteiger partial charge is 0.359 e. The quantitative estimate of drug-likeness (QED) is 0.827. The Labute approximate surface area is 124 Å². The van der Waals surface area contributed by atoms with Gasteiger partial charge in [0.2, 0.25) is 11.8 Å². The van der Waals surface area contributed by atoms with Crippen molar-refractivity contribution in [3.63, 3.8) is 0 Å². The van der Waals surface area contributed by atoms with E-state index in [-0.39, 0.29) is 17.7 Å². The minimum Gasteiger partial charge on any atom is -0.359 e. The van der Waals surface area contributed by atoms with Crippen molar-refractivity contribution in [1.82, 2.24) is 20.0 Å². The van der Waals surface area contributed by atoms with E-state index in [1.54, 1.807) is 18.8 Å². The van der Waals surface area contributed by atoms with E-state index in [2.05, 4.69) is 20.6 Å². The summed E-state index contributed by atoms with van der Waals surface area (Å²) in [5.41, 5.74) is 0.874. The first-order chi connectivity index (χ1) is 9.99. The highest BCUT2D eigenvalue weighted by atomic mass is 16.2. The second-order valence-electron chi connectivity index (χ2n) is 5.51. The summed E-state index contributed by atoms with van der Waals surface area (Å²) in [6.45, 7) is 3.79. The summed E-state index contributed by atoms with van der Waals surface area (Å²) in [6.07, 6.45) is 1.61. The molecule has 1 aromatic rings. The molecule has 1 fully saturated rings. The van der Waals surface area contributed by atoms with Gasteiger partial charge in [0.05, 0.1) is 12.2 Å². The molecule has 1 aliphatic rings. The summed E-state index contributed by atoms with van der Waals surface area (Å²) >= 11 is 0. The molecule has 21 heavy (non-hydrogen) atoms. The number of aryl methyl sites for hydroxylation is 2. The molecular weight excluding hydrogens is 270 g/mol. The summed E-state index contributed by atoms with van der Waals surface area (Å²) < 4.78 is 1.66. The standard InChI is InChI=1S/C14H23N5O2/c1-10-8-12(18(3)17-10)16-13(20)9-19-6-4-11(5-7-19)14(21)15-2/h8,11H,4-7,9H2,1-3H3,(H,15,21)(H,16,20). The van der Waals surface area contributed by atoms with E-state index in [9.17, 15) is 9.59 Å². The number of amides is 2. The Morgan fingerprint density at radius 2 is 2.05 bits per heavy atom. The molecule has 0 bridgehead atoms. The van der Waals surface area contributed by atoms with Crippen molar-refractivity contribution in [2.24, 2.45) is 13.0 Å². The molecule has 0 atom stereocenters. The van der Waals surface area contributed by atoms with Gasteiger partial charge in [0.15, 0.2) is 0 Å². The number of rotatable bonds is 4. The Hall–Kier alpha value is -1.89. The molecule has 0 radical (unpaired) electrons. The topological polar surface area (TPSA) is 79.3 Å². The first kappa shape index (κ1) is 15.5. The molecule has 0 spiro atoms. The predicted molar refractivity (Wildman–Crippen MR) is 79.8 cm³/mol. The molecule has 2 amide bonds. The van der Waals surface area contributed by atoms with Crippen LogP contribution in [0.1, 0.15) is 18.5 Å². The van der Waals surface area contributed by atoms with Crippen molar-refractivity contribution >= 4 is 17.6 Å². The van der Waals surface area contributed by atoms with Gasteiger partial charge in [-0.15, -0.1) is 0 Å². The highest BCUT2D eigenvalue weighted by Gasteiger charge is 2.25. The Kier molecular flexibility index (Phi) is 4.95. The van der Waals surface area contributed by atoms with Crippen molar-refractivity contribution in [2.45, 2.75) is 19.8 Å². The van der Waals surface area contributed by atoms with Crippen LogP contribution in [0.25, 0.3) is 0 Å². The van der Waals surface area contributed by atoms with Crippen LogP contribution in [0, 0.1) is 12.8 Å². The lowest BCUT2D eigenvalue weighted by Gasteiger charge is -2.30. The highest BCUT2D eigenvalue weighted by molar-refractivity contribution is 5.91. The summed E-state index contributed by atoms with van der Waals surface area (Å²) in [6, 6.07) is 1.84. The van der Waals surface area contributed by atoms with E-state index in [4.69, 9.17) is 0 Å². The molecule has 0 saturated carbocycles. The van der Waals surface area contributed by atoms with Crippen LogP contribution in [0.2, 0.25) is 0 Å². The number of nitrogens with one attached hydrogen (secondary N) is 2. The van der Waals surface area contributed by atoms with Gasteiger partial charge < -0.3 is 10.6 Å². The van der Waals surface area contributed by atoms with Gasteiger partial charge >= 0.3 is 0 Å². The molecule has 116 valence electrons. The lowest BCUT2D eigenvalue weighted by molar-refractivity contribution is -0.126. The molecule has 7 heteroatoms. The molecule has 7 nitrogen and oxygen atoms in total. The monoisotopic (exact) mass is 293 g/mol. The SMILES string of the molecule is CNC(=O)C1CCN(CC(=O)Nc2cc(C)nn2C)CC1. The number of aromatic nitrogens is 2. The smallest absolute Gasteiger partial charge is 0.239 e. The average Bonchev–Trinajstić information content (AvgIpc) is 2.76. The predicted octanol–water partition coefficient (Wildman–Crippen LogP) is 0.125. The first-order valence-corrected chi connectivity index (χ1v) is 7.24. The van der Waals surface area contributed by atoms with Crippen LogP contribution in [-0.4, -0.2) is 53.2 Å². The molecule has 2 rings (SSSR count). The molecule has 1 aromatic heterocycles. The Balaban J connectivity index is 1.79. The van der Waals surface area contributed by atoms with Crippen molar-refractivity contribution in [2.75, 3.05) is 32.0 Å². The molecule has 2 N–H and O–H groups in total. The van der Waals surface area contributed by atoms with Crippen LogP contribution >= 0.6 is 0 Å². The van der Waals surface area contributed by atoms with Gasteiger partial charge in [0.25, 0.3) is 0 Å². The van der Waals surface area contributed by atoms with Gasteiger partial charge in [-0.3, -0.25) is 19.2 Å². The van der Waals surface area contributed by atoms with Gasteiger partial charge in [0, 0.05) is 26.1 Å². The van der Waals surface area contributed by atoms with Crippen molar-refractivity contribution in [3.05, 3.63) is 11.8 Å². The lowest BCUT2D eigenvalue weighted by Crippen LogP contribution is -2.42. The number of piperidine rings is 1. The fourth-order valence-corrected chi connectivity index (χ4v) is 2.67. The fraction of sp³-hybridized carbons (Fsp3) is 0.643. The maximum Gasteiger partial charge on any atom is 0.239 e. The number of hydrogen-bond donors (Lipinski definition) is 2. The minimum atomic E-state index is -0.0450. The van der Waals surface area contributed by atoms with E-state index < -0.39 is 0 Å². The van der Waals surface area contributed by atoms with E-state index in [1.807, 2.05) is 13.0 Å². The number of likely N-dealkylation sites (tertiary alicyclic amines) is 1. The summed E-state index contributed by atoms with van der Waals surface area (Å²) in [5.74, 6) is 0.840. The zero-order valence-corrected chi connectivity index (χ0v) is 12.8. The van der Waals surface area contributed by atoms with Crippen molar-refractivity contribution < 1.29 is 9.59 Å². The second-order valence-corrected chi connectivity index (χ2v) is 5.51. The van der Waals surface area contributed by atoms with E-state index in [1.165, 1.54) is 0 Å². The van der Waals surface area contributed by atoms with E-state index >= 15 is 0 Å². The Morgan fingerprint density at radius 3 is 2.57 bits per heavy atom. The molecular formula is C14H23N5O2. The molecule has 1 saturated heterocycles. The number of carbonyl (C=O) groups excluding carboxylic acids is 2. The lowest BCUT2D eigenvalue weighted by atomic mass is 9.96. The zero-order valence-electron chi connectivity index (χ0n) is 12.8. The van der Waals surface area contributed by atoms with E-state index in [0.717, 1.165) is 31.6 Å². The fourth-order valence-electron chi connectivity index (χ4n) is 2.67. The molecule has 2 heterocycles. The summed E-state index contributed by atoms with van der Waals surface area (Å²) in [7, 11) is 3.47. The third-order valence-electron chi connectivity index (χ3n) is 3.84. The van der Waals surface area contributed by atoms with Crippen LogP contribution in [0.5, 0.6) is 0 Å². The third-order valence-corrected chi connectivity index (χ3v) is 3.84. The van der Waals surface area contributed by atoms with Gasteiger partial charge in [-0.25, -0.2) is 0 Å². The first-order valence-electron chi connectivity index (χ1n) is 7.24. The molecule has 0 aromatic carbocycles. The summed E-state index contributed by atoms with van der Waals surface area (Å²) in [5, 5.41) is 9.74. The van der Waals surface area contributed by atoms with Crippen LogP contribution in [0.4, 0.5) is 5.82 Å². The summed E-state index contributed by atoms with van der Waals surface area (Å²) in [4.78, 5) is 25.7. The maximum absolute atomic E-state index is 12.0. The number of anilines is 1. The van der Waals surface area contributed by atoms with Gasteiger partial charge in [-0.2, -0.15) is 5.10 Å². The van der Waals surface area contributed by atoms with Crippen molar-refractivity contribution in [3.8, 4) is 0 Å². The van der Waals surface area contributed by atoms with Crippen molar-refractivity contribution in [1.29, 1.82) is 0 Å². The normalized spacial score (nSPS) is 16.7. The Morgan fingerprint density at radius 1 is 1.38 bits per heavy atom. The Bertz CT molecular complexity index is 517. The zero-order chi connectivity index (χ0) is 15.4. The van der Waals surface area contributed by atoms with Gasteiger partial charge in [-0.1, -0.05) is 0 Å². The van der Waals surface area contributed by atoms with Crippen LogP contribution < -0.4 is 10.6 Å². The number of hydrogen-bond acceptors (Lipinski definition) is 4. The third kappa shape index (κ3) is 4.04. The van der Waals surface area contributed by atoms with Gasteiger partial charge in [-0.05, 0) is 32.9 Å². The maximum atomic E-state index is 12.0. The molecule has 0 aliphatic carbocycles. The van der Waals surface area contributed by atoms with Crippen LogP contribution in [0.15, 0.2) is 6.07 Å². The second kappa shape index (κ2) is 6.71. The van der Waals surface area contributed by atoms with E-state index in [0.29, 0.717) is 12.4 Å². The minimum absolute atomic E-state index is 0.0450.